The van der Waals surface area contributed by atoms with Gasteiger partial charge < -0.3 is 14.6 Å². The van der Waals surface area contributed by atoms with Crippen LogP contribution in [-0.4, -0.2) is 38.4 Å². The molecule has 0 fully saturated rings. The van der Waals surface area contributed by atoms with Gasteiger partial charge in [-0.2, -0.15) is 0 Å². The lowest BCUT2D eigenvalue weighted by Crippen LogP contribution is -2.29. The van der Waals surface area contributed by atoms with Gasteiger partial charge in [-0.3, -0.25) is 4.21 Å². The largest absolute Gasteiger partial charge is 0.760 e. The van der Waals surface area contributed by atoms with Crippen LogP contribution in [0.2, 0.25) is 0 Å². The number of nitrogens with zero attached hydrogens (tertiary/aromatic N) is 1. The molecule has 0 spiro atoms. The van der Waals surface area contributed by atoms with Crippen molar-refractivity contribution in [3.8, 4) is 0 Å². The van der Waals surface area contributed by atoms with E-state index in [0.717, 1.165) is 29.8 Å². The molecule has 2 unspecified atom stereocenters. The van der Waals surface area contributed by atoms with Gasteiger partial charge in [0, 0.05) is 24.4 Å². The summed E-state index contributed by atoms with van der Waals surface area (Å²) < 4.78 is 23.6. The van der Waals surface area contributed by atoms with E-state index >= 15 is 0 Å². The highest BCUT2D eigenvalue weighted by atomic mass is 32.2. The molecule has 25 heavy (non-hydrogen) atoms. The third kappa shape index (κ3) is 8.92. The molecule has 0 aromatic heterocycles. The van der Waals surface area contributed by atoms with Crippen molar-refractivity contribution in [3.63, 3.8) is 0 Å². The molecular weight excluding hydrogens is 336 g/mol. The molecule has 5 nitrogen and oxygen atoms in total. The highest BCUT2D eigenvalue weighted by molar-refractivity contribution is 7.77. The molecule has 0 aliphatic rings. The predicted molar refractivity (Wildman–Crippen MR) is 103 cm³/mol. The maximum atomic E-state index is 10.6. The van der Waals surface area contributed by atoms with E-state index in [4.69, 9.17) is 0 Å². The zero-order chi connectivity index (χ0) is 18.7. The van der Waals surface area contributed by atoms with Gasteiger partial charge in [-0.15, -0.1) is 0 Å². The van der Waals surface area contributed by atoms with Crippen molar-refractivity contribution in [3.05, 3.63) is 34.9 Å². The fourth-order valence-corrected chi connectivity index (χ4v) is 3.20. The van der Waals surface area contributed by atoms with Gasteiger partial charge in [0.1, 0.15) is 0 Å². The van der Waals surface area contributed by atoms with E-state index in [1.165, 1.54) is 32.1 Å². The number of rotatable bonds is 13. The SMILES string of the molecule is CCCCCCCN(CC)CC(O)c1ccc(CNS(=O)[O-])c(C)c1. The number of aliphatic hydroxyl groups excluding tert-OH is 1. The summed E-state index contributed by atoms with van der Waals surface area (Å²) in [6, 6.07) is 5.72. The maximum Gasteiger partial charge on any atom is 0.0917 e. The minimum Gasteiger partial charge on any atom is -0.760 e. The number of benzene rings is 1. The van der Waals surface area contributed by atoms with Gasteiger partial charge >= 0.3 is 0 Å². The molecule has 0 aliphatic heterocycles. The van der Waals surface area contributed by atoms with Crippen LogP contribution >= 0.6 is 0 Å². The first-order chi connectivity index (χ1) is 12.0. The van der Waals surface area contributed by atoms with Crippen molar-refractivity contribution in [2.24, 2.45) is 0 Å². The molecule has 1 aromatic carbocycles. The van der Waals surface area contributed by atoms with Crippen molar-refractivity contribution in [2.45, 2.75) is 65.5 Å². The fourth-order valence-electron chi connectivity index (χ4n) is 2.93. The molecule has 1 aromatic rings. The lowest BCUT2D eigenvalue weighted by atomic mass is 10.0. The lowest BCUT2D eigenvalue weighted by Gasteiger charge is -2.24. The van der Waals surface area contributed by atoms with Gasteiger partial charge in [-0.25, -0.2) is 4.72 Å². The maximum absolute atomic E-state index is 10.6. The third-order valence-electron chi connectivity index (χ3n) is 4.59. The fraction of sp³-hybridized carbons (Fsp3) is 0.684. The smallest absolute Gasteiger partial charge is 0.0917 e. The molecular formula is C19H33N2O3S-. The van der Waals surface area contributed by atoms with Crippen LogP contribution in [0.15, 0.2) is 18.2 Å². The van der Waals surface area contributed by atoms with Gasteiger partial charge in [0.15, 0.2) is 0 Å². The summed E-state index contributed by atoms with van der Waals surface area (Å²) in [6.45, 7) is 9.14. The number of hydrogen-bond donors (Lipinski definition) is 2. The summed E-state index contributed by atoms with van der Waals surface area (Å²) in [5.74, 6) is 0. The Hall–Kier alpha value is -0.790. The van der Waals surface area contributed by atoms with Gasteiger partial charge in [0.2, 0.25) is 0 Å². The first-order valence-corrected chi connectivity index (χ1v) is 10.4. The van der Waals surface area contributed by atoms with E-state index in [0.29, 0.717) is 6.54 Å². The Kier molecular flexibility index (Phi) is 11.2. The normalized spacial score (nSPS) is 14.0. The number of nitrogens with one attached hydrogen (secondary N) is 1. The summed E-state index contributed by atoms with van der Waals surface area (Å²) in [6.07, 6.45) is 5.75. The quantitative estimate of drug-likeness (QED) is 0.413. The monoisotopic (exact) mass is 369 g/mol. The van der Waals surface area contributed by atoms with E-state index in [1.807, 2.05) is 25.1 Å². The second-order valence-corrected chi connectivity index (χ2v) is 7.32. The standard InChI is InChI=1S/C19H34N2O3S/c1-4-6-7-8-9-12-21(5-2)15-19(22)17-10-11-18(16(3)13-17)14-20-25(23)24/h10-11,13,19-20,22H,4-9,12,14-15H2,1-3H3,(H,23,24)/p-1. The van der Waals surface area contributed by atoms with E-state index < -0.39 is 17.4 Å². The van der Waals surface area contributed by atoms with Gasteiger partial charge in [-0.1, -0.05) is 57.7 Å². The van der Waals surface area contributed by atoms with Crippen molar-refractivity contribution in [2.75, 3.05) is 19.6 Å². The highest BCUT2D eigenvalue weighted by Gasteiger charge is 2.13. The highest BCUT2D eigenvalue weighted by Crippen LogP contribution is 2.19. The zero-order valence-corrected chi connectivity index (χ0v) is 16.6. The van der Waals surface area contributed by atoms with E-state index in [-0.39, 0.29) is 6.54 Å². The molecule has 0 radical (unpaired) electrons. The van der Waals surface area contributed by atoms with Crippen molar-refractivity contribution >= 4 is 11.3 Å². The molecule has 144 valence electrons. The number of hydrogen-bond acceptors (Lipinski definition) is 4. The van der Waals surface area contributed by atoms with Crippen LogP contribution in [0.3, 0.4) is 0 Å². The van der Waals surface area contributed by atoms with Gasteiger partial charge in [-0.05, 0) is 43.1 Å². The van der Waals surface area contributed by atoms with E-state index in [1.54, 1.807) is 0 Å². The minimum atomic E-state index is -2.26. The Morgan fingerprint density at radius 3 is 2.56 bits per heavy atom. The minimum absolute atomic E-state index is 0.275. The van der Waals surface area contributed by atoms with E-state index in [2.05, 4.69) is 23.5 Å². The predicted octanol–water partition coefficient (Wildman–Crippen LogP) is 3.20. The third-order valence-corrected chi connectivity index (χ3v) is 4.97. The Bertz CT molecular complexity index is 525. The topological polar surface area (TPSA) is 75.6 Å². The summed E-state index contributed by atoms with van der Waals surface area (Å²) >= 11 is -2.26. The molecule has 0 heterocycles. The number of likely N-dealkylation sites (N-methyl/N-ethyl adjacent to an activating group) is 1. The van der Waals surface area contributed by atoms with Crippen molar-refractivity contribution in [1.82, 2.24) is 9.62 Å². The zero-order valence-electron chi connectivity index (χ0n) is 15.8. The van der Waals surface area contributed by atoms with Gasteiger partial charge in [0.05, 0.1) is 6.10 Å². The lowest BCUT2D eigenvalue weighted by molar-refractivity contribution is 0.115. The molecule has 2 N–H and O–H groups in total. The average Bonchev–Trinajstić information content (AvgIpc) is 2.59. The Morgan fingerprint density at radius 2 is 1.96 bits per heavy atom. The molecule has 0 aliphatic carbocycles. The second-order valence-electron chi connectivity index (χ2n) is 6.56. The van der Waals surface area contributed by atoms with Crippen LogP contribution in [-0.2, 0) is 17.8 Å². The second kappa shape index (κ2) is 12.5. The average molecular weight is 370 g/mol. The molecule has 2 atom stereocenters. The van der Waals surface area contributed by atoms with Crippen LogP contribution in [0.4, 0.5) is 0 Å². The summed E-state index contributed by atoms with van der Waals surface area (Å²) in [5.41, 5.74) is 2.79. The van der Waals surface area contributed by atoms with Crippen LogP contribution in [0.1, 0.15) is 68.7 Å². The number of unbranched alkanes of at least 4 members (excludes halogenated alkanes) is 4. The Balaban J connectivity index is 2.52. The molecule has 0 saturated carbocycles. The van der Waals surface area contributed by atoms with Crippen LogP contribution in [0.25, 0.3) is 0 Å². The number of aliphatic hydroxyl groups is 1. The number of aryl methyl sites for hydroxylation is 1. The van der Waals surface area contributed by atoms with Crippen LogP contribution in [0.5, 0.6) is 0 Å². The first-order valence-electron chi connectivity index (χ1n) is 9.30. The molecule has 0 amide bonds. The van der Waals surface area contributed by atoms with Gasteiger partial charge in [0.25, 0.3) is 0 Å². The van der Waals surface area contributed by atoms with E-state index in [9.17, 15) is 13.9 Å². The Labute approximate surface area is 155 Å². The summed E-state index contributed by atoms with van der Waals surface area (Å²) in [5, 5.41) is 10.5. The summed E-state index contributed by atoms with van der Waals surface area (Å²) in [4.78, 5) is 2.29. The Morgan fingerprint density at radius 1 is 1.24 bits per heavy atom. The first kappa shape index (κ1) is 22.3. The molecule has 1 rings (SSSR count). The van der Waals surface area contributed by atoms with Crippen LogP contribution in [0, 0.1) is 6.92 Å². The molecule has 6 heteroatoms. The van der Waals surface area contributed by atoms with Crippen molar-refractivity contribution < 1.29 is 13.9 Å². The summed E-state index contributed by atoms with van der Waals surface area (Å²) in [7, 11) is 0. The molecule has 0 saturated heterocycles. The van der Waals surface area contributed by atoms with Crippen molar-refractivity contribution in [1.29, 1.82) is 0 Å². The van der Waals surface area contributed by atoms with Crippen LogP contribution < -0.4 is 4.72 Å². The molecule has 0 bridgehead atoms.